The van der Waals surface area contributed by atoms with E-state index in [1.165, 1.54) is 19.3 Å². The molecule has 0 heterocycles. The molecule has 0 radical (unpaired) electrons. The Morgan fingerprint density at radius 1 is 1.19 bits per heavy atom. The Bertz CT molecular complexity index is 543. The molecular formula is C15H25N3O2S. The van der Waals surface area contributed by atoms with E-state index in [9.17, 15) is 8.42 Å². The van der Waals surface area contributed by atoms with Gasteiger partial charge in [-0.2, -0.15) is 0 Å². The fraction of sp³-hybridized carbons (Fsp3) is 0.600. The zero-order valence-corrected chi connectivity index (χ0v) is 13.3. The highest BCUT2D eigenvalue weighted by atomic mass is 32.2. The van der Waals surface area contributed by atoms with Gasteiger partial charge in [0.05, 0.1) is 4.90 Å². The zero-order valence-electron chi connectivity index (χ0n) is 12.5. The molecule has 21 heavy (non-hydrogen) atoms. The lowest BCUT2D eigenvalue weighted by molar-refractivity contribution is 0.321. The van der Waals surface area contributed by atoms with Crippen LogP contribution in [0.25, 0.3) is 0 Å². The monoisotopic (exact) mass is 311 g/mol. The van der Waals surface area contributed by atoms with Gasteiger partial charge in [-0.05, 0) is 43.0 Å². The lowest BCUT2D eigenvalue weighted by atomic mass is 9.85. The van der Waals surface area contributed by atoms with Crippen molar-refractivity contribution in [1.82, 2.24) is 4.72 Å². The van der Waals surface area contributed by atoms with Crippen LogP contribution < -0.4 is 15.8 Å². The molecule has 0 bridgehead atoms. The molecule has 1 aliphatic rings. The van der Waals surface area contributed by atoms with Crippen LogP contribution in [0.15, 0.2) is 29.2 Å². The van der Waals surface area contributed by atoms with E-state index in [0.29, 0.717) is 17.4 Å². The minimum absolute atomic E-state index is 0.277. The molecule has 1 aromatic rings. The van der Waals surface area contributed by atoms with E-state index in [1.807, 2.05) is 0 Å². The van der Waals surface area contributed by atoms with Gasteiger partial charge < -0.3 is 11.1 Å². The first kappa shape index (κ1) is 16.3. The van der Waals surface area contributed by atoms with E-state index in [0.717, 1.165) is 18.7 Å². The van der Waals surface area contributed by atoms with Gasteiger partial charge in [0.1, 0.15) is 0 Å². The van der Waals surface area contributed by atoms with E-state index in [1.54, 1.807) is 31.2 Å². The number of hydrogen-bond acceptors (Lipinski definition) is 4. The molecule has 0 aromatic heterocycles. The van der Waals surface area contributed by atoms with Crippen LogP contribution in [0.1, 0.15) is 32.6 Å². The van der Waals surface area contributed by atoms with Gasteiger partial charge in [-0.25, -0.2) is 13.1 Å². The smallest absolute Gasteiger partial charge is 0.240 e. The summed E-state index contributed by atoms with van der Waals surface area (Å²) in [5.74, 6) is 0.504. The molecule has 5 nitrogen and oxygen atoms in total. The minimum atomic E-state index is -3.37. The third-order valence-electron chi connectivity index (χ3n) is 4.04. The maximum absolute atomic E-state index is 11.8. The summed E-state index contributed by atoms with van der Waals surface area (Å²) in [4.78, 5) is 0.296. The standard InChI is InChI=1S/C15H25N3O2S/c1-2-18-21(19,20)14-9-7-13(8-10-14)17-11-12-5-3-4-6-15(12)16/h7-10,12,15,17-18H,2-6,11,16H2,1H3. The fourth-order valence-electron chi connectivity index (χ4n) is 2.76. The Morgan fingerprint density at radius 3 is 2.48 bits per heavy atom. The lowest BCUT2D eigenvalue weighted by Crippen LogP contribution is -2.37. The predicted octanol–water partition coefficient (Wildman–Crippen LogP) is 1.91. The molecule has 2 atom stereocenters. The van der Waals surface area contributed by atoms with Gasteiger partial charge in [-0.3, -0.25) is 0 Å². The lowest BCUT2D eigenvalue weighted by Gasteiger charge is -2.29. The van der Waals surface area contributed by atoms with E-state index in [4.69, 9.17) is 5.73 Å². The van der Waals surface area contributed by atoms with Crippen molar-refractivity contribution in [3.63, 3.8) is 0 Å². The molecule has 1 saturated carbocycles. The van der Waals surface area contributed by atoms with Crippen molar-refractivity contribution >= 4 is 15.7 Å². The van der Waals surface area contributed by atoms with Crippen molar-refractivity contribution in [3.8, 4) is 0 Å². The van der Waals surface area contributed by atoms with Gasteiger partial charge in [0.15, 0.2) is 0 Å². The first-order chi connectivity index (χ1) is 10.0. The number of benzene rings is 1. The van der Waals surface area contributed by atoms with E-state index in [2.05, 4.69) is 10.0 Å². The number of anilines is 1. The quantitative estimate of drug-likeness (QED) is 0.749. The Kier molecular flexibility index (Phi) is 5.61. The summed E-state index contributed by atoms with van der Waals surface area (Å²) in [6.45, 7) is 3.00. The zero-order chi connectivity index (χ0) is 15.3. The number of hydrogen-bond donors (Lipinski definition) is 3. The maximum atomic E-state index is 11.8. The van der Waals surface area contributed by atoms with Gasteiger partial charge in [0.25, 0.3) is 0 Å². The molecule has 6 heteroatoms. The molecule has 0 saturated heterocycles. The molecule has 2 unspecified atom stereocenters. The van der Waals surface area contributed by atoms with Crippen molar-refractivity contribution in [2.24, 2.45) is 11.7 Å². The number of rotatable bonds is 6. The molecule has 0 amide bonds. The van der Waals surface area contributed by atoms with Gasteiger partial charge >= 0.3 is 0 Å². The molecule has 1 aromatic carbocycles. The Labute approximate surface area is 127 Å². The second-order valence-corrected chi connectivity index (χ2v) is 7.38. The Hall–Kier alpha value is -1.11. The van der Waals surface area contributed by atoms with Gasteiger partial charge in [0.2, 0.25) is 10.0 Å². The van der Waals surface area contributed by atoms with Crippen LogP contribution in [-0.2, 0) is 10.0 Å². The Balaban J connectivity index is 1.93. The summed E-state index contributed by atoms with van der Waals surface area (Å²) in [6.07, 6.45) is 4.75. The largest absolute Gasteiger partial charge is 0.385 e. The second-order valence-electron chi connectivity index (χ2n) is 5.61. The van der Waals surface area contributed by atoms with Crippen LogP contribution in [-0.4, -0.2) is 27.5 Å². The van der Waals surface area contributed by atoms with Crippen LogP contribution in [0.4, 0.5) is 5.69 Å². The van der Waals surface area contributed by atoms with E-state index >= 15 is 0 Å². The first-order valence-electron chi connectivity index (χ1n) is 7.62. The molecule has 0 spiro atoms. The normalized spacial score (nSPS) is 23.0. The van der Waals surface area contributed by atoms with Crippen LogP contribution in [0.3, 0.4) is 0 Å². The summed E-state index contributed by atoms with van der Waals surface area (Å²) < 4.78 is 26.2. The topological polar surface area (TPSA) is 84.2 Å². The van der Waals surface area contributed by atoms with Crippen LogP contribution in [0.2, 0.25) is 0 Å². The average molecular weight is 311 g/mol. The van der Waals surface area contributed by atoms with Crippen molar-refractivity contribution in [3.05, 3.63) is 24.3 Å². The second kappa shape index (κ2) is 7.24. The van der Waals surface area contributed by atoms with E-state index < -0.39 is 10.0 Å². The minimum Gasteiger partial charge on any atom is -0.385 e. The molecule has 4 N–H and O–H groups in total. The van der Waals surface area contributed by atoms with Crippen molar-refractivity contribution in [2.45, 2.75) is 43.5 Å². The third-order valence-corrected chi connectivity index (χ3v) is 5.60. The molecule has 1 fully saturated rings. The summed E-state index contributed by atoms with van der Waals surface area (Å²) >= 11 is 0. The molecular weight excluding hydrogens is 286 g/mol. The van der Waals surface area contributed by atoms with Gasteiger partial charge in [-0.15, -0.1) is 0 Å². The highest BCUT2D eigenvalue weighted by molar-refractivity contribution is 7.89. The van der Waals surface area contributed by atoms with Gasteiger partial charge in [0, 0.05) is 24.8 Å². The van der Waals surface area contributed by atoms with Crippen LogP contribution in [0.5, 0.6) is 0 Å². The SMILES string of the molecule is CCNS(=O)(=O)c1ccc(NCC2CCCCC2N)cc1. The first-order valence-corrected chi connectivity index (χ1v) is 9.10. The van der Waals surface area contributed by atoms with Gasteiger partial charge in [-0.1, -0.05) is 19.8 Å². The highest BCUT2D eigenvalue weighted by Gasteiger charge is 2.21. The summed E-state index contributed by atoms with van der Waals surface area (Å²) in [7, 11) is -3.37. The average Bonchev–Trinajstić information content (AvgIpc) is 2.47. The van der Waals surface area contributed by atoms with Crippen LogP contribution in [0, 0.1) is 5.92 Å². The third kappa shape index (κ3) is 4.43. The van der Waals surface area contributed by atoms with Crippen LogP contribution >= 0.6 is 0 Å². The number of nitrogens with one attached hydrogen (secondary N) is 2. The summed E-state index contributed by atoms with van der Waals surface area (Å²) in [5, 5.41) is 3.36. The number of nitrogens with two attached hydrogens (primary N) is 1. The predicted molar refractivity (Wildman–Crippen MR) is 85.7 cm³/mol. The number of sulfonamides is 1. The van der Waals surface area contributed by atoms with Crippen molar-refractivity contribution in [2.75, 3.05) is 18.4 Å². The molecule has 118 valence electrons. The molecule has 0 aliphatic heterocycles. The maximum Gasteiger partial charge on any atom is 0.240 e. The van der Waals surface area contributed by atoms with Crippen molar-refractivity contribution < 1.29 is 8.42 Å². The molecule has 1 aliphatic carbocycles. The molecule has 2 rings (SSSR count). The summed E-state index contributed by atoms with van der Waals surface area (Å²) in [6, 6.07) is 7.14. The van der Waals surface area contributed by atoms with Crippen molar-refractivity contribution in [1.29, 1.82) is 0 Å². The summed E-state index contributed by atoms with van der Waals surface area (Å²) in [5.41, 5.74) is 7.06. The fourth-order valence-corrected chi connectivity index (χ4v) is 3.81. The highest BCUT2D eigenvalue weighted by Crippen LogP contribution is 2.23. The van der Waals surface area contributed by atoms with E-state index in [-0.39, 0.29) is 6.04 Å². The Morgan fingerprint density at radius 2 is 1.86 bits per heavy atom.